The normalized spacial score (nSPS) is 21.1. The Morgan fingerprint density at radius 1 is 1.10 bits per heavy atom. The molecule has 1 unspecified atom stereocenters. The standard InChI is InChI=1S/C12H22N4O2.2ClH/c13-10(8-11(14)17)12(18)16-6-4-15(5-7-16)9-2-1-3-9;;/h9-10H,1-8,13H2,(H2,14,17);2*1H. The summed E-state index contributed by atoms with van der Waals surface area (Å²) in [4.78, 5) is 26.9. The van der Waals surface area contributed by atoms with E-state index in [1.165, 1.54) is 19.3 Å². The van der Waals surface area contributed by atoms with Crippen LogP contribution in [0.4, 0.5) is 0 Å². The minimum atomic E-state index is -0.780. The molecular formula is C12H24Cl2N4O2. The quantitative estimate of drug-likeness (QED) is 0.743. The molecule has 0 spiro atoms. The molecule has 2 amide bonds. The van der Waals surface area contributed by atoms with E-state index < -0.39 is 11.9 Å². The van der Waals surface area contributed by atoms with Gasteiger partial charge in [-0.25, -0.2) is 0 Å². The zero-order chi connectivity index (χ0) is 13.1. The Hall–Kier alpha value is -0.560. The van der Waals surface area contributed by atoms with Crippen molar-refractivity contribution in [2.24, 2.45) is 11.5 Å². The van der Waals surface area contributed by atoms with Crippen molar-refractivity contribution < 1.29 is 9.59 Å². The number of hydrogen-bond acceptors (Lipinski definition) is 4. The number of hydrogen-bond donors (Lipinski definition) is 2. The topological polar surface area (TPSA) is 92.7 Å². The van der Waals surface area contributed by atoms with Gasteiger partial charge in [-0.2, -0.15) is 0 Å². The van der Waals surface area contributed by atoms with E-state index >= 15 is 0 Å². The first kappa shape index (κ1) is 19.4. The van der Waals surface area contributed by atoms with Crippen molar-refractivity contribution in [1.82, 2.24) is 9.80 Å². The summed E-state index contributed by atoms with van der Waals surface area (Å²) in [5, 5.41) is 0. The first-order valence-electron chi connectivity index (χ1n) is 6.64. The summed E-state index contributed by atoms with van der Waals surface area (Å²) in [6.45, 7) is 3.25. The number of carbonyl (C=O) groups is 2. The van der Waals surface area contributed by atoms with Gasteiger partial charge in [0.15, 0.2) is 0 Å². The third kappa shape index (κ3) is 4.77. The largest absolute Gasteiger partial charge is 0.370 e. The van der Waals surface area contributed by atoms with Crippen LogP contribution in [-0.4, -0.2) is 59.9 Å². The summed E-state index contributed by atoms with van der Waals surface area (Å²) in [5.41, 5.74) is 10.7. The molecule has 20 heavy (non-hydrogen) atoms. The molecule has 4 N–H and O–H groups in total. The van der Waals surface area contributed by atoms with Gasteiger partial charge in [0.25, 0.3) is 0 Å². The summed E-state index contributed by atoms with van der Waals surface area (Å²) in [6, 6.07) is -0.0562. The maximum atomic E-state index is 12.0. The lowest BCUT2D eigenvalue weighted by Crippen LogP contribution is -2.56. The van der Waals surface area contributed by atoms with Gasteiger partial charge in [-0.05, 0) is 12.8 Å². The van der Waals surface area contributed by atoms with Crippen molar-refractivity contribution in [1.29, 1.82) is 0 Å². The fraction of sp³-hybridized carbons (Fsp3) is 0.833. The van der Waals surface area contributed by atoms with E-state index in [0.29, 0.717) is 13.1 Å². The Morgan fingerprint density at radius 2 is 1.65 bits per heavy atom. The van der Waals surface area contributed by atoms with Gasteiger partial charge in [0.2, 0.25) is 11.8 Å². The number of halogens is 2. The third-order valence-electron chi connectivity index (χ3n) is 3.96. The lowest BCUT2D eigenvalue weighted by Gasteiger charge is -2.43. The van der Waals surface area contributed by atoms with Crippen molar-refractivity contribution in [2.75, 3.05) is 26.2 Å². The van der Waals surface area contributed by atoms with Gasteiger partial charge in [0.1, 0.15) is 0 Å². The molecule has 1 saturated heterocycles. The van der Waals surface area contributed by atoms with Crippen LogP contribution in [0, 0.1) is 0 Å². The Morgan fingerprint density at radius 3 is 2.05 bits per heavy atom. The van der Waals surface area contributed by atoms with Crippen LogP contribution in [0.1, 0.15) is 25.7 Å². The third-order valence-corrected chi connectivity index (χ3v) is 3.96. The number of piperazine rings is 1. The predicted molar refractivity (Wildman–Crippen MR) is 82.1 cm³/mol. The summed E-state index contributed by atoms with van der Waals surface area (Å²) in [7, 11) is 0. The lowest BCUT2D eigenvalue weighted by atomic mass is 9.91. The van der Waals surface area contributed by atoms with E-state index in [1.807, 2.05) is 0 Å². The highest BCUT2D eigenvalue weighted by atomic mass is 35.5. The zero-order valence-electron chi connectivity index (χ0n) is 11.5. The molecule has 0 aromatic carbocycles. The molecule has 0 bridgehead atoms. The van der Waals surface area contributed by atoms with Gasteiger partial charge in [-0.1, -0.05) is 6.42 Å². The van der Waals surface area contributed by atoms with Crippen molar-refractivity contribution in [2.45, 2.75) is 37.8 Å². The van der Waals surface area contributed by atoms with E-state index in [2.05, 4.69) is 4.90 Å². The summed E-state index contributed by atoms with van der Waals surface area (Å²) < 4.78 is 0. The highest BCUT2D eigenvalue weighted by molar-refractivity contribution is 5.87. The summed E-state index contributed by atoms with van der Waals surface area (Å²) in [5.74, 6) is -0.675. The Labute approximate surface area is 132 Å². The molecular weight excluding hydrogens is 303 g/mol. The van der Waals surface area contributed by atoms with E-state index in [1.54, 1.807) is 4.90 Å². The summed E-state index contributed by atoms with van der Waals surface area (Å²) in [6.07, 6.45) is 3.83. The number of primary amides is 1. The smallest absolute Gasteiger partial charge is 0.240 e. The molecule has 6 nitrogen and oxygen atoms in total. The van der Waals surface area contributed by atoms with Gasteiger partial charge in [0, 0.05) is 32.2 Å². The Bertz CT molecular complexity index is 331. The SMILES string of the molecule is Cl.Cl.NC(=O)CC(N)C(=O)N1CCN(C2CCC2)CC1. The number of nitrogens with two attached hydrogens (primary N) is 2. The number of amides is 2. The number of rotatable bonds is 4. The molecule has 0 aromatic heterocycles. The lowest BCUT2D eigenvalue weighted by molar-refractivity contribution is -0.136. The van der Waals surface area contributed by atoms with Crippen molar-refractivity contribution in [3.8, 4) is 0 Å². The van der Waals surface area contributed by atoms with Gasteiger partial charge < -0.3 is 16.4 Å². The second kappa shape index (κ2) is 8.67. The second-order valence-corrected chi connectivity index (χ2v) is 5.22. The monoisotopic (exact) mass is 326 g/mol. The van der Waals surface area contributed by atoms with Crippen molar-refractivity contribution in [3.05, 3.63) is 0 Å². The van der Waals surface area contributed by atoms with Gasteiger partial charge in [-0.3, -0.25) is 14.5 Å². The average Bonchev–Trinajstić information content (AvgIpc) is 2.26. The number of nitrogens with zero attached hydrogens (tertiary/aromatic N) is 2. The first-order chi connectivity index (χ1) is 8.58. The maximum Gasteiger partial charge on any atom is 0.240 e. The van der Waals surface area contributed by atoms with Crippen LogP contribution in [0.25, 0.3) is 0 Å². The van der Waals surface area contributed by atoms with Crippen LogP contribution >= 0.6 is 24.8 Å². The Balaban J connectivity index is 0.00000180. The van der Waals surface area contributed by atoms with Crippen LogP contribution in [-0.2, 0) is 9.59 Å². The fourth-order valence-electron chi connectivity index (χ4n) is 2.60. The molecule has 118 valence electrons. The first-order valence-corrected chi connectivity index (χ1v) is 6.64. The summed E-state index contributed by atoms with van der Waals surface area (Å²) >= 11 is 0. The number of carbonyl (C=O) groups excluding carboxylic acids is 2. The second-order valence-electron chi connectivity index (χ2n) is 5.22. The highest BCUT2D eigenvalue weighted by Crippen LogP contribution is 2.25. The molecule has 0 aromatic rings. The predicted octanol–water partition coefficient (Wildman–Crippen LogP) is -0.271. The average molecular weight is 327 g/mol. The molecule has 2 fully saturated rings. The molecule has 1 saturated carbocycles. The fourth-order valence-corrected chi connectivity index (χ4v) is 2.60. The van der Waals surface area contributed by atoms with E-state index in [9.17, 15) is 9.59 Å². The molecule has 1 heterocycles. The van der Waals surface area contributed by atoms with Crippen molar-refractivity contribution in [3.63, 3.8) is 0 Å². The van der Waals surface area contributed by atoms with Crippen LogP contribution < -0.4 is 11.5 Å². The zero-order valence-corrected chi connectivity index (χ0v) is 13.1. The van der Waals surface area contributed by atoms with Crippen LogP contribution in [0.2, 0.25) is 0 Å². The molecule has 1 atom stereocenters. The van der Waals surface area contributed by atoms with Crippen LogP contribution in [0.5, 0.6) is 0 Å². The van der Waals surface area contributed by atoms with E-state index in [4.69, 9.17) is 11.5 Å². The molecule has 0 radical (unpaired) electrons. The van der Waals surface area contributed by atoms with Gasteiger partial charge >= 0.3 is 0 Å². The van der Waals surface area contributed by atoms with E-state index in [-0.39, 0.29) is 37.1 Å². The minimum Gasteiger partial charge on any atom is -0.370 e. The highest BCUT2D eigenvalue weighted by Gasteiger charge is 2.30. The maximum absolute atomic E-state index is 12.0. The molecule has 2 aliphatic rings. The Kier molecular flexibility index (Phi) is 8.42. The van der Waals surface area contributed by atoms with Crippen molar-refractivity contribution >= 4 is 36.6 Å². The van der Waals surface area contributed by atoms with Gasteiger partial charge in [-0.15, -0.1) is 24.8 Å². The van der Waals surface area contributed by atoms with E-state index in [0.717, 1.165) is 19.1 Å². The molecule has 1 aliphatic heterocycles. The van der Waals surface area contributed by atoms with Crippen LogP contribution in [0.15, 0.2) is 0 Å². The molecule has 2 rings (SSSR count). The minimum absolute atomic E-state index is 0. The van der Waals surface area contributed by atoms with Gasteiger partial charge in [0.05, 0.1) is 12.5 Å². The molecule has 8 heteroatoms. The van der Waals surface area contributed by atoms with Crippen LogP contribution in [0.3, 0.4) is 0 Å². The molecule has 1 aliphatic carbocycles.